The lowest BCUT2D eigenvalue weighted by molar-refractivity contribution is -0.268. The van der Waals surface area contributed by atoms with Gasteiger partial charge in [-0.1, -0.05) is 88.4 Å². The highest BCUT2D eigenvalue weighted by Crippen LogP contribution is 2.25. The summed E-state index contributed by atoms with van der Waals surface area (Å²) in [5.74, 6) is -0.618. The van der Waals surface area contributed by atoms with Crippen LogP contribution in [0.1, 0.15) is 97.8 Å². The lowest BCUT2D eigenvalue weighted by Crippen LogP contribution is -2.46. The second-order valence-electron chi connectivity index (χ2n) is 7.82. The Labute approximate surface area is 160 Å². The molecule has 0 aliphatic carbocycles. The third-order valence-corrected chi connectivity index (χ3v) is 4.90. The van der Waals surface area contributed by atoms with Crippen LogP contribution in [0.4, 0.5) is 0 Å². The monoisotopic (exact) mass is 365 g/mol. The van der Waals surface area contributed by atoms with Gasteiger partial charge in [-0.2, -0.15) is 0 Å². The lowest BCUT2D eigenvalue weighted by Gasteiger charge is -2.38. The minimum absolute atomic E-state index is 0.192. The first-order chi connectivity index (χ1) is 12.6. The Balaban J connectivity index is 2.06. The molecule has 1 saturated heterocycles. The number of rotatable bonds is 14. The quantitative estimate of drug-likeness (QED) is 0.108. The molecule has 150 valence electrons. The Morgan fingerprint density at radius 3 is 2.15 bits per heavy atom. The van der Waals surface area contributed by atoms with E-state index in [0.717, 1.165) is 6.42 Å². The fraction of sp³-hybridized carbons (Fsp3) is 0.905. The highest BCUT2D eigenvalue weighted by Gasteiger charge is 2.34. The second-order valence-corrected chi connectivity index (χ2v) is 7.82. The summed E-state index contributed by atoms with van der Waals surface area (Å²) in [4.78, 5) is 2.90. The summed E-state index contributed by atoms with van der Waals surface area (Å²) in [6.07, 6.45) is 20.1. The molecule has 1 aliphatic rings. The molecule has 5 heteroatoms. The van der Waals surface area contributed by atoms with Gasteiger partial charge >= 0.3 is 0 Å². The van der Waals surface area contributed by atoms with Gasteiger partial charge in [0.1, 0.15) is 0 Å². The van der Waals surface area contributed by atoms with Crippen LogP contribution in [-0.4, -0.2) is 24.5 Å². The molecule has 0 unspecified atom stereocenters. The topological polar surface area (TPSA) is 67.2 Å². The predicted octanol–water partition coefficient (Wildman–Crippen LogP) is 7.07. The van der Waals surface area contributed by atoms with Crippen LogP contribution in [0.2, 0.25) is 0 Å². The molecule has 5 nitrogen and oxygen atoms in total. The first-order valence-corrected chi connectivity index (χ1v) is 10.6. The molecular weight excluding hydrogens is 326 g/mol. The average Bonchev–Trinajstić information content (AvgIpc) is 2.61. The van der Waals surface area contributed by atoms with Crippen LogP contribution in [0.25, 0.3) is 10.4 Å². The van der Waals surface area contributed by atoms with E-state index in [1.165, 1.54) is 70.6 Å². The first kappa shape index (κ1) is 23.0. The molecule has 0 aromatic rings. The maximum atomic E-state index is 8.67. The standard InChI is InChI=1S/C21H39N3O2/c1-4-5-6-7-8-9-10-11-12-13-14-15-16-17-20-19(23-24-22)18-25-21(2,3)26-20/h16-17,19-20H,4-15,18H2,1-3H3/b17-16+/t19-,20+/m0/s1. The summed E-state index contributed by atoms with van der Waals surface area (Å²) in [5.41, 5.74) is 8.67. The van der Waals surface area contributed by atoms with Crippen molar-refractivity contribution in [1.29, 1.82) is 0 Å². The number of azide groups is 1. The zero-order chi connectivity index (χ0) is 19.1. The maximum Gasteiger partial charge on any atom is 0.163 e. The zero-order valence-corrected chi connectivity index (χ0v) is 17.2. The molecule has 0 saturated carbocycles. The Bertz CT molecular complexity index is 431. The Hall–Kier alpha value is -1.03. The minimum atomic E-state index is -0.618. The summed E-state index contributed by atoms with van der Waals surface area (Å²) in [7, 11) is 0. The normalized spacial score (nSPS) is 22.4. The van der Waals surface area contributed by atoms with Crippen LogP contribution < -0.4 is 0 Å². The third-order valence-electron chi connectivity index (χ3n) is 4.90. The van der Waals surface area contributed by atoms with E-state index in [9.17, 15) is 0 Å². The van der Waals surface area contributed by atoms with Gasteiger partial charge in [-0.3, -0.25) is 0 Å². The molecule has 1 heterocycles. The van der Waals surface area contributed by atoms with Gasteiger partial charge in [-0.25, -0.2) is 0 Å². The molecule has 2 atom stereocenters. The molecule has 26 heavy (non-hydrogen) atoms. The van der Waals surface area contributed by atoms with Crippen molar-refractivity contribution in [2.45, 2.75) is 116 Å². The first-order valence-electron chi connectivity index (χ1n) is 10.6. The van der Waals surface area contributed by atoms with Gasteiger partial charge in [0.05, 0.1) is 18.8 Å². The summed E-state index contributed by atoms with van der Waals surface area (Å²) in [5, 5.41) is 3.79. The highest BCUT2D eigenvalue weighted by molar-refractivity contribution is 4.99. The zero-order valence-electron chi connectivity index (χ0n) is 17.2. The molecule has 1 rings (SSSR count). The van der Waals surface area contributed by atoms with Crippen molar-refractivity contribution in [1.82, 2.24) is 0 Å². The summed E-state index contributed by atoms with van der Waals surface area (Å²) in [6.45, 7) is 6.46. The smallest absolute Gasteiger partial charge is 0.163 e. The maximum absolute atomic E-state index is 8.67. The highest BCUT2D eigenvalue weighted by atomic mass is 16.7. The SMILES string of the molecule is CCCCCCCCCCCCC/C=C/[C@H]1OC(C)(C)OC[C@@H]1N=[N+]=[N-]. The average molecular weight is 366 g/mol. The van der Waals surface area contributed by atoms with Gasteiger partial charge in [0.2, 0.25) is 0 Å². The van der Waals surface area contributed by atoms with Gasteiger partial charge in [-0.05, 0) is 32.2 Å². The van der Waals surface area contributed by atoms with E-state index in [-0.39, 0.29) is 12.1 Å². The Morgan fingerprint density at radius 1 is 1.00 bits per heavy atom. The Kier molecular flexibility index (Phi) is 12.5. The van der Waals surface area contributed by atoms with E-state index >= 15 is 0 Å². The number of nitrogens with zero attached hydrogens (tertiary/aromatic N) is 3. The molecule has 0 amide bonds. The van der Waals surface area contributed by atoms with E-state index in [0.29, 0.717) is 6.61 Å². The minimum Gasteiger partial charge on any atom is -0.350 e. The van der Waals surface area contributed by atoms with Crippen LogP contribution in [0.15, 0.2) is 17.3 Å². The van der Waals surface area contributed by atoms with Crippen LogP contribution in [0.3, 0.4) is 0 Å². The fourth-order valence-electron chi connectivity index (χ4n) is 3.31. The molecule has 0 radical (unpaired) electrons. The molecule has 0 aromatic carbocycles. The van der Waals surface area contributed by atoms with Crippen molar-refractivity contribution in [3.8, 4) is 0 Å². The largest absolute Gasteiger partial charge is 0.350 e. The second kappa shape index (κ2) is 14.1. The molecule has 0 spiro atoms. The summed E-state index contributed by atoms with van der Waals surface area (Å²) < 4.78 is 11.4. The number of ether oxygens (including phenoxy) is 2. The van der Waals surface area contributed by atoms with E-state index in [2.05, 4.69) is 23.0 Å². The number of unbranched alkanes of at least 4 members (excludes halogenated alkanes) is 11. The van der Waals surface area contributed by atoms with Crippen molar-refractivity contribution in [2.24, 2.45) is 5.11 Å². The van der Waals surface area contributed by atoms with Crippen LogP contribution >= 0.6 is 0 Å². The molecule has 0 N–H and O–H groups in total. The molecule has 1 aliphatic heterocycles. The van der Waals surface area contributed by atoms with Gasteiger partial charge in [0.15, 0.2) is 5.79 Å². The van der Waals surface area contributed by atoms with E-state index < -0.39 is 5.79 Å². The lowest BCUT2D eigenvalue weighted by atomic mass is 10.0. The third kappa shape index (κ3) is 10.8. The summed E-state index contributed by atoms with van der Waals surface area (Å²) in [6, 6.07) is -0.276. The molecular formula is C21H39N3O2. The molecule has 0 aromatic heterocycles. The van der Waals surface area contributed by atoms with E-state index in [4.69, 9.17) is 15.0 Å². The fourth-order valence-corrected chi connectivity index (χ4v) is 3.31. The van der Waals surface area contributed by atoms with Crippen molar-refractivity contribution in [3.05, 3.63) is 22.6 Å². The van der Waals surface area contributed by atoms with Crippen molar-refractivity contribution in [2.75, 3.05) is 6.61 Å². The molecule has 0 bridgehead atoms. The summed E-state index contributed by atoms with van der Waals surface area (Å²) >= 11 is 0. The van der Waals surface area contributed by atoms with E-state index in [1.54, 1.807) is 0 Å². The number of hydrogen-bond acceptors (Lipinski definition) is 3. The Morgan fingerprint density at radius 2 is 1.58 bits per heavy atom. The number of hydrogen-bond donors (Lipinski definition) is 0. The van der Waals surface area contributed by atoms with Crippen LogP contribution in [0.5, 0.6) is 0 Å². The van der Waals surface area contributed by atoms with Crippen molar-refractivity contribution >= 4 is 0 Å². The van der Waals surface area contributed by atoms with Gasteiger partial charge in [0, 0.05) is 4.91 Å². The van der Waals surface area contributed by atoms with E-state index in [1.807, 2.05) is 19.9 Å². The van der Waals surface area contributed by atoms with Crippen molar-refractivity contribution < 1.29 is 9.47 Å². The van der Waals surface area contributed by atoms with Gasteiger partial charge in [0.25, 0.3) is 0 Å². The van der Waals surface area contributed by atoms with Crippen molar-refractivity contribution in [3.63, 3.8) is 0 Å². The molecule has 1 fully saturated rings. The van der Waals surface area contributed by atoms with Gasteiger partial charge < -0.3 is 9.47 Å². The van der Waals surface area contributed by atoms with Gasteiger partial charge in [-0.15, -0.1) is 0 Å². The predicted molar refractivity (Wildman–Crippen MR) is 108 cm³/mol. The van der Waals surface area contributed by atoms with Crippen LogP contribution in [0, 0.1) is 0 Å². The number of allylic oxidation sites excluding steroid dienone is 1. The van der Waals surface area contributed by atoms with Crippen LogP contribution in [-0.2, 0) is 9.47 Å².